The molecule has 1 fully saturated rings. The summed E-state index contributed by atoms with van der Waals surface area (Å²) in [6.45, 7) is 2.36. The molecule has 0 saturated carbocycles. The zero-order chi connectivity index (χ0) is 22.5. The number of carbonyl (C=O) groups is 2. The van der Waals surface area contributed by atoms with Crippen molar-refractivity contribution < 1.29 is 27.5 Å². The van der Waals surface area contributed by atoms with Crippen LogP contribution in [-0.4, -0.2) is 31.1 Å². The summed E-state index contributed by atoms with van der Waals surface area (Å²) in [5.41, 5.74) is -0.801. The van der Waals surface area contributed by atoms with Crippen molar-refractivity contribution in [2.45, 2.75) is 43.9 Å². The predicted molar refractivity (Wildman–Crippen MR) is 109 cm³/mol. The summed E-state index contributed by atoms with van der Waals surface area (Å²) in [6.07, 6.45) is -4.04. The van der Waals surface area contributed by atoms with Gasteiger partial charge in [-0.2, -0.15) is 13.2 Å². The lowest BCUT2D eigenvalue weighted by molar-refractivity contribution is -0.138. The number of ether oxygens (including phenoxy) is 1. The molecular formula is C23H25F3N2O3. The fraction of sp³-hybridized carbons (Fsp3) is 0.391. The molecule has 0 aliphatic carbocycles. The van der Waals surface area contributed by atoms with E-state index in [2.05, 4.69) is 10.6 Å². The number of amides is 2. The molecule has 1 heterocycles. The summed E-state index contributed by atoms with van der Waals surface area (Å²) in [4.78, 5) is 25.7. The fourth-order valence-corrected chi connectivity index (χ4v) is 3.70. The molecule has 1 aliphatic rings. The van der Waals surface area contributed by atoms with Crippen LogP contribution in [0.2, 0.25) is 0 Å². The number of benzene rings is 2. The molecule has 3 rings (SSSR count). The Bertz CT molecular complexity index is 910. The van der Waals surface area contributed by atoms with Gasteiger partial charge in [0.25, 0.3) is 0 Å². The summed E-state index contributed by atoms with van der Waals surface area (Å²) in [7, 11) is 0. The molecule has 0 radical (unpaired) electrons. The van der Waals surface area contributed by atoms with E-state index in [0.717, 1.165) is 17.7 Å². The number of carbonyl (C=O) groups excluding carboxylic acids is 2. The standard InChI is InChI=1S/C23H25F3N2O3/c1-16(20(29)27-15-17-6-3-2-4-7-17)28-21(30)22(10-12-31-13-11-22)18-8-5-9-19(14-18)23(24,25)26/h2-9,14,16H,10-13,15H2,1H3,(H,27,29)(H,28,30). The van der Waals surface area contributed by atoms with Crippen molar-refractivity contribution >= 4 is 11.8 Å². The molecule has 0 spiro atoms. The monoisotopic (exact) mass is 434 g/mol. The molecule has 1 saturated heterocycles. The van der Waals surface area contributed by atoms with Gasteiger partial charge < -0.3 is 15.4 Å². The number of nitrogens with one attached hydrogen (secondary N) is 2. The van der Waals surface area contributed by atoms with E-state index in [1.54, 1.807) is 6.92 Å². The second-order valence-electron chi connectivity index (χ2n) is 7.67. The molecule has 1 atom stereocenters. The second kappa shape index (κ2) is 9.51. The van der Waals surface area contributed by atoms with Gasteiger partial charge in [0.05, 0.1) is 11.0 Å². The third kappa shape index (κ3) is 5.44. The minimum Gasteiger partial charge on any atom is -0.381 e. The lowest BCUT2D eigenvalue weighted by Gasteiger charge is -2.37. The quantitative estimate of drug-likeness (QED) is 0.731. The topological polar surface area (TPSA) is 67.4 Å². The molecule has 2 aromatic rings. The third-order valence-electron chi connectivity index (χ3n) is 5.57. The number of halogens is 3. The van der Waals surface area contributed by atoms with Crippen LogP contribution >= 0.6 is 0 Å². The molecule has 2 aromatic carbocycles. The Kier molecular flexibility index (Phi) is 7.00. The highest BCUT2D eigenvalue weighted by Gasteiger charge is 2.43. The zero-order valence-electron chi connectivity index (χ0n) is 17.2. The van der Waals surface area contributed by atoms with Gasteiger partial charge in [-0.25, -0.2) is 0 Å². The highest BCUT2D eigenvalue weighted by Crippen LogP contribution is 2.38. The minimum atomic E-state index is -4.51. The average Bonchev–Trinajstić information content (AvgIpc) is 2.78. The Morgan fingerprint density at radius 2 is 1.74 bits per heavy atom. The van der Waals surface area contributed by atoms with Crippen LogP contribution in [0.1, 0.15) is 36.5 Å². The Labute approximate surface area is 179 Å². The SMILES string of the molecule is CC(NC(=O)C1(c2cccc(C(F)(F)F)c2)CCOCC1)C(=O)NCc1ccccc1. The fourth-order valence-electron chi connectivity index (χ4n) is 3.70. The van der Waals surface area contributed by atoms with Gasteiger partial charge in [-0.05, 0) is 37.0 Å². The first kappa shape index (κ1) is 22.8. The summed E-state index contributed by atoms with van der Waals surface area (Å²) in [6, 6.07) is 13.3. The summed E-state index contributed by atoms with van der Waals surface area (Å²) >= 11 is 0. The van der Waals surface area contributed by atoms with E-state index in [9.17, 15) is 22.8 Å². The molecule has 8 heteroatoms. The number of alkyl halides is 3. The number of rotatable bonds is 6. The van der Waals surface area contributed by atoms with Crippen LogP contribution in [0.25, 0.3) is 0 Å². The average molecular weight is 434 g/mol. The summed E-state index contributed by atoms with van der Waals surface area (Å²) in [5, 5.41) is 5.46. The number of hydrogen-bond donors (Lipinski definition) is 2. The van der Waals surface area contributed by atoms with Crippen molar-refractivity contribution in [1.82, 2.24) is 10.6 Å². The van der Waals surface area contributed by atoms with Gasteiger partial charge in [0.1, 0.15) is 6.04 Å². The summed E-state index contributed by atoms with van der Waals surface area (Å²) < 4.78 is 45.0. The summed E-state index contributed by atoms with van der Waals surface area (Å²) in [5.74, 6) is -0.846. The van der Waals surface area contributed by atoms with E-state index in [1.165, 1.54) is 12.1 Å². The van der Waals surface area contributed by atoms with Gasteiger partial charge in [0.15, 0.2) is 0 Å². The maximum Gasteiger partial charge on any atom is 0.416 e. The minimum absolute atomic E-state index is 0.235. The van der Waals surface area contributed by atoms with Crippen molar-refractivity contribution in [3.05, 3.63) is 71.3 Å². The lowest BCUT2D eigenvalue weighted by atomic mass is 9.72. The van der Waals surface area contributed by atoms with E-state index in [-0.39, 0.29) is 37.5 Å². The Morgan fingerprint density at radius 3 is 2.39 bits per heavy atom. The van der Waals surface area contributed by atoms with E-state index >= 15 is 0 Å². The zero-order valence-corrected chi connectivity index (χ0v) is 17.2. The molecule has 31 heavy (non-hydrogen) atoms. The largest absolute Gasteiger partial charge is 0.416 e. The van der Waals surface area contributed by atoms with Gasteiger partial charge in [-0.3, -0.25) is 9.59 Å². The first-order valence-electron chi connectivity index (χ1n) is 10.1. The van der Waals surface area contributed by atoms with Crippen molar-refractivity contribution in [2.75, 3.05) is 13.2 Å². The van der Waals surface area contributed by atoms with E-state index in [4.69, 9.17) is 4.74 Å². The Morgan fingerprint density at radius 1 is 1.06 bits per heavy atom. The highest BCUT2D eigenvalue weighted by atomic mass is 19.4. The lowest BCUT2D eigenvalue weighted by Crippen LogP contribution is -2.53. The normalized spacial score (nSPS) is 16.9. The molecular weight excluding hydrogens is 409 g/mol. The predicted octanol–water partition coefficient (Wildman–Crippen LogP) is 3.57. The molecule has 1 aliphatic heterocycles. The molecule has 2 N–H and O–H groups in total. The smallest absolute Gasteiger partial charge is 0.381 e. The Hall–Kier alpha value is -2.87. The third-order valence-corrected chi connectivity index (χ3v) is 5.57. The van der Waals surface area contributed by atoms with Crippen LogP contribution in [0.15, 0.2) is 54.6 Å². The van der Waals surface area contributed by atoms with Crippen LogP contribution in [-0.2, 0) is 32.5 Å². The van der Waals surface area contributed by atoms with Crippen molar-refractivity contribution in [3.8, 4) is 0 Å². The molecule has 0 bridgehead atoms. The van der Waals surface area contributed by atoms with Gasteiger partial charge >= 0.3 is 6.18 Å². The van der Waals surface area contributed by atoms with Crippen LogP contribution < -0.4 is 10.6 Å². The van der Waals surface area contributed by atoms with E-state index < -0.39 is 29.1 Å². The molecule has 5 nitrogen and oxygen atoms in total. The molecule has 0 aromatic heterocycles. The second-order valence-corrected chi connectivity index (χ2v) is 7.67. The first-order chi connectivity index (χ1) is 14.7. The molecule has 166 valence electrons. The van der Waals surface area contributed by atoms with Crippen LogP contribution in [0.4, 0.5) is 13.2 Å². The van der Waals surface area contributed by atoms with Gasteiger partial charge in [-0.15, -0.1) is 0 Å². The maximum absolute atomic E-state index is 13.2. The first-order valence-corrected chi connectivity index (χ1v) is 10.1. The van der Waals surface area contributed by atoms with Crippen molar-refractivity contribution in [1.29, 1.82) is 0 Å². The van der Waals surface area contributed by atoms with Crippen molar-refractivity contribution in [2.24, 2.45) is 0 Å². The Balaban J connectivity index is 1.75. The molecule has 1 unspecified atom stereocenters. The van der Waals surface area contributed by atoms with Gasteiger partial charge in [0, 0.05) is 19.8 Å². The molecule has 2 amide bonds. The number of hydrogen-bond acceptors (Lipinski definition) is 3. The maximum atomic E-state index is 13.2. The van der Waals surface area contributed by atoms with Crippen LogP contribution in [0, 0.1) is 0 Å². The van der Waals surface area contributed by atoms with Crippen molar-refractivity contribution in [3.63, 3.8) is 0 Å². The van der Waals surface area contributed by atoms with Crippen LogP contribution in [0.5, 0.6) is 0 Å². The van der Waals surface area contributed by atoms with Gasteiger partial charge in [0.2, 0.25) is 11.8 Å². The van der Waals surface area contributed by atoms with E-state index in [1.807, 2.05) is 30.3 Å². The van der Waals surface area contributed by atoms with E-state index in [0.29, 0.717) is 6.54 Å². The highest BCUT2D eigenvalue weighted by molar-refractivity contribution is 5.93. The van der Waals surface area contributed by atoms with Gasteiger partial charge in [-0.1, -0.05) is 48.5 Å². The van der Waals surface area contributed by atoms with Crippen LogP contribution in [0.3, 0.4) is 0 Å².